The van der Waals surface area contributed by atoms with Crippen molar-refractivity contribution in [3.63, 3.8) is 0 Å². The predicted octanol–water partition coefficient (Wildman–Crippen LogP) is 2.56. The molecule has 0 atom stereocenters. The fourth-order valence-electron chi connectivity index (χ4n) is 3.45. The first-order chi connectivity index (χ1) is 10.1. The second kappa shape index (κ2) is 5.97. The van der Waals surface area contributed by atoms with Crippen molar-refractivity contribution < 1.29 is 9.53 Å². The van der Waals surface area contributed by atoms with E-state index in [1.807, 2.05) is 23.1 Å². The Balaban J connectivity index is 1.70. The van der Waals surface area contributed by atoms with E-state index in [9.17, 15) is 4.79 Å². The van der Waals surface area contributed by atoms with Gasteiger partial charge in [0.05, 0.1) is 11.6 Å². The van der Waals surface area contributed by atoms with Crippen LogP contribution in [0.25, 0.3) is 0 Å². The molecule has 2 aliphatic rings. The average molecular weight is 353 g/mol. The molecule has 0 aromatic heterocycles. The molecule has 1 spiro atoms. The highest BCUT2D eigenvalue weighted by Gasteiger charge is 2.43. The molecule has 2 saturated heterocycles. The number of amides is 1. The third-order valence-electron chi connectivity index (χ3n) is 4.66. The predicted molar refractivity (Wildman–Crippen MR) is 85.3 cm³/mol. The van der Waals surface area contributed by atoms with E-state index in [-0.39, 0.29) is 5.41 Å². The van der Waals surface area contributed by atoms with E-state index in [4.69, 9.17) is 4.74 Å². The zero-order valence-corrected chi connectivity index (χ0v) is 13.9. The van der Waals surface area contributed by atoms with E-state index >= 15 is 0 Å². The zero-order chi connectivity index (χ0) is 14.9. The molecular formula is C16H21BrN2O2. The van der Waals surface area contributed by atoms with Crippen LogP contribution in [0.15, 0.2) is 22.7 Å². The average Bonchev–Trinajstić information content (AvgIpc) is 2.75. The van der Waals surface area contributed by atoms with Gasteiger partial charge in [-0.2, -0.15) is 0 Å². The first kappa shape index (κ1) is 14.9. The lowest BCUT2D eigenvalue weighted by atomic mass is 9.78. The van der Waals surface area contributed by atoms with E-state index in [0.29, 0.717) is 18.9 Å². The molecule has 0 aliphatic carbocycles. The molecule has 5 heteroatoms. The number of nitrogens with one attached hydrogen (secondary N) is 1. The third-order valence-corrected chi connectivity index (χ3v) is 5.28. The second-order valence-corrected chi connectivity index (χ2v) is 7.00. The molecule has 2 heterocycles. The molecule has 0 saturated carbocycles. The summed E-state index contributed by atoms with van der Waals surface area (Å²) in [5.41, 5.74) is 1.36. The molecule has 0 unspecified atom stereocenters. The molecule has 1 aromatic rings. The molecule has 4 nitrogen and oxygen atoms in total. The van der Waals surface area contributed by atoms with Gasteiger partial charge in [0.2, 0.25) is 5.91 Å². The SMILES string of the molecule is COc1ccc(CN2CC3(CCNCC3)CC2=O)cc1Br. The summed E-state index contributed by atoms with van der Waals surface area (Å²) in [6, 6.07) is 6.02. The van der Waals surface area contributed by atoms with Gasteiger partial charge >= 0.3 is 0 Å². The van der Waals surface area contributed by atoms with Crippen LogP contribution in [0.4, 0.5) is 0 Å². The molecule has 114 valence electrons. The van der Waals surface area contributed by atoms with Crippen molar-refractivity contribution in [2.75, 3.05) is 26.7 Å². The Morgan fingerprint density at radius 1 is 1.38 bits per heavy atom. The quantitative estimate of drug-likeness (QED) is 0.908. The number of nitrogens with zero attached hydrogens (tertiary/aromatic N) is 1. The fraction of sp³-hybridized carbons (Fsp3) is 0.562. The number of hydrogen-bond acceptors (Lipinski definition) is 3. The molecule has 1 aromatic carbocycles. The van der Waals surface area contributed by atoms with E-state index in [1.165, 1.54) is 0 Å². The maximum Gasteiger partial charge on any atom is 0.223 e. The Morgan fingerprint density at radius 2 is 2.14 bits per heavy atom. The van der Waals surface area contributed by atoms with Crippen molar-refractivity contribution in [3.05, 3.63) is 28.2 Å². The van der Waals surface area contributed by atoms with Crippen LogP contribution in [0.1, 0.15) is 24.8 Å². The third kappa shape index (κ3) is 3.09. The number of hydrogen-bond donors (Lipinski definition) is 1. The van der Waals surface area contributed by atoms with Crippen molar-refractivity contribution >= 4 is 21.8 Å². The van der Waals surface area contributed by atoms with Gasteiger partial charge in [-0.3, -0.25) is 4.79 Å². The van der Waals surface area contributed by atoms with Crippen LogP contribution in [-0.4, -0.2) is 37.6 Å². The smallest absolute Gasteiger partial charge is 0.223 e. The molecule has 3 rings (SSSR count). The summed E-state index contributed by atoms with van der Waals surface area (Å²) in [7, 11) is 1.66. The van der Waals surface area contributed by atoms with Gasteiger partial charge < -0.3 is 15.0 Å². The lowest BCUT2D eigenvalue weighted by molar-refractivity contribution is -0.128. The minimum Gasteiger partial charge on any atom is -0.496 e. The molecule has 0 radical (unpaired) electrons. The second-order valence-electron chi connectivity index (χ2n) is 6.15. The highest BCUT2D eigenvalue weighted by atomic mass is 79.9. The van der Waals surface area contributed by atoms with E-state index in [2.05, 4.69) is 21.2 Å². The first-order valence-corrected chi connectivity index (χ1v) is 8.22. The van der Waals surface area contributed by atoms with Gasteiger partial charge in [0.15, 0.2) is 0 Å². The summed E-state index contributed by atoms with van der Waals surface area (Å²) in [5.74, 6) is 1.12. The lowest BCUT2D eigenvalue weighted by Gasteiger charge is -2.33. The van der Waals surface area contributed by atoms with Gasteiger partial charge in [-0.05, 0) is 65.0 Å². The van der Waals surface area contributed by atoms with E-state index in [0.717, 1.165) is 48.3 Å². The Labute approximate surface area is 134 Å². The highest BCUT2D eigenvalue weighted by molar-refractivity contribution is 9.10. The Hall–Kier alpha value is -1.07. The number of ether oxygens (including phenoxy) is 1. The van der Waals surface area contributed by atoms with Crippen molar-refractivity contribution in [2.45, 2.75) is 25.8 Å². The number of carbonyl (C=O) groups excluding carboxylic acids is 1. The van der Waals surface area contributed by atoms with Gasteiger partial charge in [-0.25, -0.2) is 0 Å². The molecule has 21 heavy (non-hydrogen) atoms. The maximum atomic E-state index is 12.3. The van der Waals surface area contributed by atoms with Gasteiger partial charge in [0, 0.05) is 19.5 Å². The minimum absolute atomic E-state index is 0.214. The highest BCUT2D eigenvalue weighted by Crippen LogP contribution is 2.40. The number of piperidine rings is 1. The summed E-state index contributed by atoms with van der Waals surface area (Å²) in [5, 5.41) is 3.39. The number of methoxy groups -OCH3 is 1. The Kier molecular flexibility index (Phi) is 4.22. The maximum absolute atomic E-state index is 12.3. The van der Waals surface area contributed by atoms with Gasteiger partial charge in [-0.15, -0.1) is 0 Å². The lowest BCUT2D eigenvalue weighted by Crippen LogP contribution is -2.38. The standard InChI is InChI=1S/C16H21BrN2O2/c1-21-14-3-2-12(8-13(14)17)10-19-11-16(9-15(19)20)4-6-18-7-5-16/h2-3,8,18H,4-7,9-11H2,1H3. The normalized spacial score (nSPS) is 21.0. The summed E-state index contributed by atoms with van der Waals surface area (Å²) in [6.45, 7) is 3.66. The summed E-state index contributed by atoms with van der Waals surface area (Å²) < 4.78 is 6.18. The topological polar surface area (TPSA) is 41.6 Å². The van der Waals surface area contributed by atoms with Gasteiger partial charge in [0.25, 0.3) is 0 Å². The van der Waals surface area contributed by atoms with Crippen molar-refractivity contribution in [1.82, 2.24) is 10.2 Å². The van der Waals surface area contributed by atoms with Crippen LogP contribution >= 0.6 is 15.9 Å². The van der Waals surface area contributed by atoms with Crippen molar-refractivity contribution in [1.29, 1.82) is 0 Å². The van der Waals surface area contributed by atoms with Crippen LogP contribution in [-0.2, 0) is 11.3 Å². The number of rotatable bonds is 3. The largest absolute Gasteiger partial charge is 0.496 e. The van der Waals surface area contributed by atoms with Crippen molar-refractivity contribution in [3.8, 4) is 5.75 Å². The summed E-state index contributed by atoms with van der Waals surface area (Å²) in [6.07, 6.45) is 2.94. The van der Waals surface area contributed by atoms with Crippen LogP contribution in [0, 0.1) is 5.41 Å². The van der Waals surface area contributed by atoms with E-state index in [1.54, 1.807) is 7.11 Å². The number of carbonyl (C=O) groups is 1. The summed E-state index contributed by atoms with van der Waals surface area (Å²) >= 11 is 3.51. The Morgan fingerprint density at radius 3 is 2.81 bits per heavy atom. The molecular weight excluding hydrogens is 332 g/mol. The van der Waals surface area contributed by atoms with Gasteiger partial charge in [0.1, 0.15) is 5.75 Å². The van der Waals surface area contributed by atoms with Crippen LogP contribution in [0.5, 0.6) is 5.75 Å². The summed E-state index contributed by atoms with van der Waals surface area (Å²) in [4.78, 5) is 14.3. The zero-order valence-electron chi connectivity index (χ0n) is 12.3. The minimum atomic E-state index is 0.214. The molecule has 2 fully saturated rings. The van der Waals surface area contributed by atoms with Crippen molar-refractivity contribution in [2.24, 2.45) is 5.41 Å². The van der Waals surface area contributed by atoms with Crippen LogP contribution in [0.2, 0.25) is 0 Å². The molecule has 0 bridgehead atoms. The molecule has 2 aliphatic heterocycles. The first-order valence-electron chi connectivity index (χ1n) is 7.43. The van der Waals surface area contributed by atoms with Crippen LogP contribution < -0.4 is 10.1 Å². The van der Waals surface area contributed by atoms with Crippen LogP contribution in [0.3, 0.4) is 0 Å². The monoisotopic (exact) mass is 352 g/mol. The molecule has 1 N–H and O–H groups in total. The number of likely N-dealkylation sites (tertiary alicyclic amines) is 1. The fourth-order valence-corrected chi connectivity index (χ4v) is 4.03. The van der Waals surface area contributed by atoms with Gasteiger partial charge in [-0.1, -0.05) is 6.07 Å². The Bertz CT molecular complexity index is 541. The molecule has 1 amide bonds. The number of benzene rings is 1. The number of halogens is 1. The van der Waals surface area contributed by atoms with E-state index < -0.39 is 0 Å².